The molecule has 0 fully saturated rings. The lowest BCUT2D eigenvalue weighted by Gasteiger charge is -2.11. The highest BCUT2D eigenvalue weighted by atomic mass is 19.1. The number of halogens is 2. The molecule has 2 aromatic carbocycles. The smallest absolute Gasteiger partial charge is 0.198 e. The van der Waals surface area contributed by atoms with Gasteiger partial charge in [0.25, 0.3) is 0 Å². The fourth-order valence-corrected chi connectivity index (χ4v) is 1.94. The predicted molar refractivity (Wildman–Crippen MR) is 76.6 cm³/mol. The zero-order chi connectivity index (χ0) is 15.2. The first-order chi connectivity index (χ1) is 10.1. The summed E-state index contributed by atoms with van der Waals surface area (Å²) in [6, 6.07) is 9.71. The maximum absolute atomic E-state index is 13.7. The summed E-state index contributed by atoms with van der Waals surface area (Å²) >= 11 is 0. The highest BCUT2D eigenvalue weighted by molar-refractivity contribution is 6.12. The van der Waals surface area contributed by atoms with Crippen molar-refractivity contribution in [1.82, 2.24) is 0 Å². The normalized spacial score (nSPS) is 10.4. The molecular formula is C16H15F2NO2. The SMILES string of the molecule is COCCNc1ccccc1C(=O)c1ccc(F)cc1F. The molecule has 0 heterocycles. The van der Waals surface area contributed by atoms with Gasteiger partial charge in [0, 0.05) is 31.0 Å². The van der Waals surface area contributed by atoms with Gasteiger partial charge in [-0.3, -0.25) is 4.79 Å². The molecule has 0 aromatic heterocycles. The Morgan fingerprint density at radius 3 is 2.62 bits per heavy atom. The average molecular weight is 291 g/mol. The molecule has 0 spiro atoms. The van der Waals surface area contributed by atoms with Gasteiger partial charge in [-0.25, -0.2) is 8.78 Å². The van der Waals surface area contributed by atoms with Crippen molar-refractivity contribution in [2.75, 3.05) is 25.6 Å². The number of carbonyl (C=O) groups excluding carboxylic acids is 1. The Morgan fingerprint density at radius 2 is 1.90 bits per heavy atom. The van der Waals surface area contributed by atoms with Crippen molar-refractivity contribution in [1.29, 1.82) is 0 Å². The molecule has 3 nitrogen and oxygen atoms in total. The Kier molecular flexibility index (Phi) is 5.00. The Bertz CT molecular complexity index is 644. The third-order valence-corrected chi connectivity index (χ3v) is 2.97. The van der Waals surface area contributed by atoms with Crippen LogP contribution in [-0.4, -0.2) is 26.0 Å². The lowest BCUT2D eigenvalue weighted by molar-refractivity contribution is 0.103. The van der Waals surface area contributed by atoms with Crippen LogP contribution in [0.25, 0.3) is 0 Å². The van der Waals surface area contributed by atoms with Crippen LogP contribution in [0.4, 0.5) is 14.5 Å². The largest absolute Gasteiger partial charge is 0.383 e. The van der Waals surface area contributed by atoms with E-state index in [1.165, 1.54) is 0 Å². The summed E-state index contributed by atoms with van der Waals surface area (Å²) in [5.74, 6) is -2.07. The second-order valence-electron chi connectivity index (χ2n) is 4.42. The molecule has 0 radical (unpaired) electrons. The topological polar surface area (TPSA) is 38.3 Å². The van der Waals surface area contributed by atoms with E-state index in [2.05, 4.69) is 5.32 Å². The number of anilines is 1. The van der Waals surface area contributed by atoms with Crippen LogP contribution in [0.5, 0.6) is 0 Å². The summed E-state index contributed by atoms with van der Waals surface area (Å²) in [6.45, 7) is 1.00. The van der Waals surface area contributed by atoms with Gasteiger partial charge >= 0.3 is 0 Å². The van der Waals surface area contributed by atoms with Crippen LogP contribution in [0.3, 0.4) is 0 Å². The Balaban J connectivity index is 2.30. The van der Waals surface area contributed by atoms with E-state index >= 15 is 0 Å². The quantitative estimate of drug-likeness (QED) is 0.656. The molecule has 1 N–H and O–H groups in total. The molecule has 0 unspecified atom stereocenters. The molecule has 0 amide bonds. The fraction of sp³-hybridized carbons (Fsp3) is 0.188. The highest BCUT2D eigenvalue weighted by Gasteiger charge is 2.17. The van der Waals surface area contributed by atoms with E-state index in [1.54, 1.807) is 31.4 Å². The molecular weight excluding hydrogens is 276 g/mol. The van der Waals surface area contributed by atoms with Crippen LogP contribution in [0.1, 0.15) is 15.9 Å². The second kappa shape index (κ2) is 6.95. The van der Waals surface area contributed by atoms with Crippen LogP contribution >= 0.6 is 0 Å². The number of para-hydroxylation sites is 1. The highest BCUT2D eigenvalue weighted by Crippen LogP contribution is 2.21. The van der Waals surface area contributed by atoms with Crippen molar-refractivity contribution in [3.05, 3.63) is 65.2 Å². The van der Waals surface area contributed by atoms with Gasteiger partial charge in [0.2, 0.25) is 0 Å². The molecule has 0 saturated heterocycles. The van der Waals surface area contributed by atoms with Crippen molar-refractivity contribution in [2.45, 2.75) is 0 Å². The standard InChI is InChI=1S/C16H15F2NO2/c1-21-9-8-19-15-5-3-2-4-13(15)16(20)12-7-6-11(17)10-14(12)18/h2-7,10,19H,8-9H2,1H3. The number of hydrogen-bond donors (Lipinski definition) is 1. The Morgan fingerprint density at radius 1 is 1.14 bits per heavy atom. The zero-order valence-corrected chi connectivity index (χ0v) is 11.5. The molecule has 5 heteroatoms. The average Bonchev–Trinajstić information content (AvgIpc) is 2.47. The number of carbonyl (C=O) groups is 1. The lowest BCUT2D eigenvalue weighted by Crippen LogP contribution is -2.12. The minimum Gasteiger partial charge on any atom is -0.383 e. The molecule has 0 bridgehead atoms. The van der Waals surface area contributed by atoms with Gasteiger partial charge in [0.1, 0.15) is 11.6 Å². The van der Waals surface area contributed by atoms with E-state index < -0.39 is 17.4 Å². The summed E-state index contributed by atoms with van der Waals surface area (Å²) < 4.78 is 31.6. The van der Waals surface area contributed by atoms with Crippen LogP contribution in [-0.2, 0) is 4.74 Å². The number of rotatable bonds is 6. The van der Waals surface area contributed by atoms with Crippen LogP contribution in [0, 0.1) is 11.6 Å². The van der Waals surface area contributed by atoms with E-state index in [1.807, 2.05) is 0 Å². The molecule has 2 rings (SSSR count). The number of hydrogen-bond acceptors (Lipinski definition) is 3. The summed E-state index contributed by atoms with van der Waals surface area (Å²) in [6.07, 6.45) is 0. The maximum Gasteiger partial charge on any atom is 0.198 e. The first kappa shape index (κ1) is 15.1. The molecule has 0 aliphatic heterocycles. The summed E-state index contributed by atoms with van der Waals surface area (Å²) in [5.41, 5.74) is 0.764. The lowest BCUT2D eigenvalue weighted by atomic mass is 10.0. The van der Waals surface area contributed by atoms with Gasteiger partial charge in [-0.05, 0) is 24.3 Å². The molecule has 2 aromatic rings. The minimum absolute atomic E-state index is 0.155. The molecule has 0 atom stereocenters. The summed E-state index contributed by atoms with van der Waals surface area (Å²) in [5, 5.41) is 3.05. The van der Waals surface area contributed by atoms with Crippen molar-refractivity contribution < 1.29 is 18.3 Å². The number of benzene rings is 2. The molecule has 0 aliphatic rings. The first-order valence-electron chi connectivity index (χ1n) is 6.45. The monoisotopic (exact) mass is 291 g/mol. The number of nitrogens with one attached hydrogen (secondary N) is 1. The van der Waals surface area contributed by atoms with E-state index in [4.69, 9.17) is 4.74 Å². The number of ether oxygens (including phenoxy) is 1. The van der Waals surface area contributed by atoms with E-state index in [9.17, 15) is 13.6 Å². The minimum atomic E-state index is -0.869. The Labute approximate surface area is 121 Å². The third kappa shape index (κ3) is 3.64. The van der Waals surface area contributed by atoms with Gasteiger partial charge in [-0.15, -0.1) is 0 Å². The van der Waals surface area contributed by atoms with E-state index in [-0.39, 0.29) is 5.56 Å². The third-order valence-electron chi connectivity index (χ3n) is 2.97. The van der Waals surface area contributed by atoms with Gasteiger partial charge < -0.3 is 10.1 Å². The molecule has 0 saturated carbocycles. The van der Waals surface area contributed by atoms with Gasteiger partial charge in [-0.2, -0.15) is 0 Å². The number of methoxy groups -OCH3 is 1. The number of ketones is 1. The molecule has 21 heavy (non-hydrogen) atoms. The summed E-state index contributed by atoms with van der Waals surface area (Å²) in [7, 11) is 1.58. The van der Waals surface area contributed by atoms with Crippen molar-refractivity contribution in [2.24, 2.45) is 0 Å². The van der Waals surface area contributed by atoms with E-state index in [0.717, 1.165) is 12.1 Å². The first-order valence-corrected chi connectivity index (χ1v) is 6.45. The molecule has 0 aliphatic carbocycles. The second-order valence-corrected chi connectivity index (χ2v) is 4.42. The predicted octanol–water partition coefficient (Wildman–Crippen LogP) is 3.25. The van der Waals surface area contributed by atoms with Crippen molar-refractivity contribution in [3.63, 3.8) is 0 Å². The van der Waals surface area contributed by atoms with Crippen molar-refractivity contribution >= 4 is 11.5 Å². The maximum atomic E-state index is 13.7. The van der Waals surface area contributed by atoms with Gasteiger partial charge in [-0.1, -0.05) is 12.1 Å². The van der Waals surface area contributed by atoms with Crippen LogP contribution in [0.15, 0.2) is 42.5 Å². The zero-order valence-electron chi connectivity index (χ0n) is 11.5. The van der Waals surface area contributed by atoms with Crippen LogP contribution < -0.4 is 5.32 Å². The molecule has 110 valence electrons. The van der Waals surface area contributed by atoms with Crippen molar-refractivity contribution in [3.8, 4) is 0 Å². The van der Waals surface area contributed by atoms with Gasteiger partial charge in [0.05, 0.1) is 12.2 Å². The Hall–Kier alpha value is -2.27. The van der Waals surface area contributed by atoms with E-state index in [0.29, 0.717) is 30.5 Å². The fourth-order valence-electron chi connectivity index (χ4n) is 1.94. The van der Waals surface area contributed by atoms with Crippen LogP contribution in [0.2, 0.25) is 0 Å². The summed E-state index contributed by atoms with van der Waals surface area (Å²) in [4.78, 5) is 12.4. The van der Waals surface area contributed by atoms with Gasteiger partial charge in [0.15, 0.2) is 5.78 Å².